The van der Waals surface area contributed by atoms with Crippen LogP contribution < -0.4 is 4.74 Å². The van der Waals surface area contributed by atoms with E-state index in [-0.39, 0.29) is 27.5 Å². The normalized spacial score (nSPS) is 17.1. The van der Waals surface area contributed by atoms with Crippen molar-refractivity contribution in [3.8, 4) is 5.75 Å². The first-order valence-electron chi connectivity index (χ1n) is 9.32. The van der Waals surface area contributed by atoms with Crippen molar-refractivity contribution in [2.24, 2.45) is 9.39 Å². The fourth-order valence-corrected chi connectivity index (χ4v) is 5.26. The molecular weight excluding hydrogens is 532 g/mol. The molecule has 1 amide bonds. The van der Waals surface area contributed by atoms with Gasteiger partial charge < -0.3 is 4.74 Å². The first kappa shape index (κ1) is 23.1. The second-order valence-corrected chi connectivity index (χ2v) is 10.6. The molecule has 2 aromatic carbocycles. The van der Waals surface area contributed by atoms with Gasteiger partial charge in [0.1, 0.15) is 11.6 Å². The number of esters is 1. The largest absolute Gasteiger partial charge is 0.422 e. The highest BCUT2D eigenvalue weighted by atomic mass is 79.9. The molecule has 12 heteroatoms. The number of aliphatic imine (C=N–C) groups is 1. The summed E-state index contributed by atoms with van der Waals surface area (Å²) in [7, 11) is -3.73. The van der Waals surface area contributed by atoms with E-state index in [0.29, 0.717) is 15.6 Å². The zero-order chi connectivity index (χ0) is 23.9. The number of ether oxygens (including phenoxy) is 1. The number of hydrogen-bond acceptors (Lipinski definition) is 8. The predicted molar refractivity (Wildman–Crippen MR) is 130 cm³/mol. The van der Waals surface area contributed by atoms with E-state index < -0.39 is 21.7 Å². The lowest BCUT2D eigenvalue weighted by molar-refractivity contribution is -0.114. The van der Waals surface area contributed by atoms with Crippen LogP contribution in [0.4, 0.5) is 0 Å². The third kappa shape index (κ3) is 4.68. The number of sulfone groups is 1. The van der Waals surface area contributed by atoms with Crippen molar-refractivity contribution >= 4 is 71.8 Å². The fraction of sp³-hybridized carbons (Fsp3) is 0.0952. The number of aryl methyl sites for hydroxylation is 1. The van der Waals surface area contributed by atoms with E-state index in [1.54, 1.807) is 30.3 Å². The molecular formula is C21H15BrN4O5S2. The van der Waals surface area contributed by atoms with Gasteiger partial charge in [-0.2, -0.15) is 9.39 Å². The minimum Gasteiger partial charge on any atom is -0.422 e. The number of carbonyl (C=O) groups is 2. The molecule has 0 unspecified atom stereocenters. The number of nitrogens with one attached hydrogen (secondary N) is 1. The number of rotatable bonds is 3. The van der Waals surface area contributed by atoms with Crippen molar-refractivity contribution in [1.29, 1.82) is 5.41 Å². The monoisotopic (exact) mass is 546 g/mol. The Hall–Kier alpha value is -3.09. The fourth-order valence-electron chi connectivity index (χ4n) is 2.94. The SMILES string of the molecule is Cc1ccc(C(=O)Oc2ccc(/C=C3/C(=N)N4C(=NC3=O)SN=C4S(C)(=O)=O)cc2Br)cc1. The maximum absolute atomic E-state index is 12.5. The highest BCUT2D eigenvalue weighted by molar-refractivity contribution is 9.10. The van der Waals surface area contributed by atoms with E-state index in [1.807, 2.05) is 19.1 Å². The van der Waals surface area contributed by atoms with E-state index in [0.717, 1.165) is 28.7 Å². The van der Waals surface area contributed by atoms with Crippen molar-refractivity contribution in [3.63, 3.8) is 0 Å². The van der Waals surface area contributed by atoms with Crippen LogP contribution in [0, 0.1) is 12.3 Å². The molecule has 0 saturated heterocycles. The number of fused-ring (bicyclic) bond motifs is 1. The molecule has 0 atom stereocenters. The lowest BCUT2D eigenvalue weighted by atomic mass is 10.1. The van der Waals surface area contributed by atoms with Crippen molar-refractivity contribution in [2.75, 3.05) is 6.26 Å². The molecule has 9 nitrogen and oxygen atoms in total. The van der Waals surface area contributed by atoms with Gasteiger partial charge in [0.15, 0.2) is 0 Å². The molecule has 0 saturated carbocycles. The average molecular weight is 547 g/mol. The highest BCUT2D eigenvalue weighted by Gasteiger charge is 2.41. The van der Waals surface area contributed by atoms with Crippen LogP contribution in [-0.4, -0.2) is 47.6 Å². The Kier molecular flexibility index (Phi) is 6.08. The molecule has 0 fully saturated rings. The second kappa shape index (κ2) is 8.69. The summed E-state index contributed by atoms with van der Waals surface area (Å²) in [5, 5.41) is 8.04. The smallest absolute Gasteiger partial charge is 0.343 e. The van der Waals surface area contributed by atoms with Gasteiger partial charge in [0.05, 0.1) is 27.6 Å². The maximum atomic E-state index is 12.5. The van der Waals surface area contributed by atoms with Crippen LogP contribution in [0.25, 0.3) is 6.08 Å². The molecule has 2 aliphatic rings. The maximum Gasteiger partial charge on any atom is 0.343 e. The van der Waals surface area contributed by atoms with E-state index in [4.69, 9.17) is 10.1 Å². The lowest BCUT2D eigenvalue weighted by Crippen LogP contribution is -2.45. The molecule has 0 spiro atoms. The zero-order valence-electron chi connectivity index (χ0n) is 17.2. The molecule has 0 bridgehead atoms. The Morgan fingerprint density at radius 3 is 2.55 bits per heavy atom. The summed E-state index contributed by atoms with van der Waals surface area (Å²) >= 11 is 4.08. The summed E-state index contributed by atoms with van der Waals surface area (Å²) in [6, 6.07) is 11.7. The summed E-state index contributed by atoms with van der Waals surface area (Å²) in [5.74, 6) is -1.28. The summed E-state index contributed by atoms with van der Waals surface area (Å²) < 4.78 is 33.7. The molecule has 1 N–H and O–H groups in total. The third-order valence-corrected chi connectivity index (χ3v) is 6.96. The predicted octanol–water partition coefficient (Wildman–Crippen LogP) is 3.60. The van der Waals surface area contributed by atoms with Crippen LogP contribution in [0.5, 0.6) is 5.75 Å². The number of hydrogen-bond donors (Lipinski definition) is 1. The van der Waals surface area contributed by atoms with Crippen LogP contribution >= 0.6 is 27.9 Å². The first-order valence-corrected chi connectivity index (χ1v) is 12.8. The molecule has 2 heterocycles. The van der Waals surface area contributed by atoms with Gasteiger partial charge in [0, 0.05) is 6.26 Å². The van der Waals surface area contributed by atoms with E-state index in [1.165, 1.54) is 6.08 Å². The summed E-state index contributed by atoms with van der Waals surface area (Å²) in [6.07, 6.45) is 2.38. The Labute approximate surface area is 201 Å². The standard InChI is InChI=1S/C21H15BrN4O5S2/c1-11-3-6-13(7-4-11)19(28)31-16-8-5-12(10-15(16)22)9-14-17(23)26-20(24-18(14)27)32-25-21(26)33(2,29)30/h3-10,23H,1-2H3/b14-9-,23-17?. The molecule has 0 radical (unpaired) electrons. The van der Waals surface area contributed by atoms with Gasteiger partial charge in [-0.05, 0) is 58.8 Å². The van der Waals surface area contributed by atoms with Gasteiger partial charge >= 0.3 is 5.97 Å². The first-order chi connectivity index (χ1) is 15.5. The van der Waals surface area contributed by atoms with Crippen molar-refractivity contribution in [1.82, 2.24) is 4.90 Å². The van der Waals surface area contributed by atoms with Crippen LogP contribution in [0.3, 0.4) is 0 Å². The van der Waals surface area contributed by atoms with Crippen molar-refractivity contribution in [3.05, 3.63) is 69.2 Å². The van der Waals surface area contributed by atoms with Crippen LogP contribution in [-0.2, 0) is 14.6 Å². The molecule has 33 heavy (non-hydrogen) atoms. The van der Waals surface area contributed by atoms with Gasteiger partial charge in [-0.1, -0.05) is 23.8 Å². The Bertz CT molecular complexity index is 1410. The lowest BCUT2D eigenvalue weighted by Gasteiger charge is -2.23. The van der Waals surface area contributed by atoms with Gasteiger partial charge in [0.2, 0.25) is 20.2 Å². The quantitative estimate of drug-likeness (QED) is 0.269. The van der Waals surface area contributed by atoms with Crippen LogP contribution in [0.15, 0.2) is 61.9 Å². The molecule has 168 valence electrons. The van der Waals surface area contributed by atoms with Gasteiger partial charge in [0.25, 0.3) is 5.91 Å². The molecule has 2 aliphatic heterocycles. The summed E-state index contributed by atoms with van der Waals surface area (Å²) in [6.45, 7) is 1.92. The number of halogens is 1. The van der Waals surface area contributed by atoms with Crippen molar-refractivity contribution in [2.45, 2.75) is 6.92 Å². The van der Waals surface area contributed by atoms with E-state index >= 15 is 0 Å². The third-order valence-electron chi connectivity index (χ3n) is 4.58. The minimum absolute atomic E-state index is 0.0159. The Morgan fingerprint density at radius 2 is 1.91 bits per heavy atom. The summed E-state index contributed by atoms with van der Waals surface area (Å²) in [5.41, 5.74) is 1.83. The van der Waals surface area contributed by atoms with Crippen LogP contribution in [0.2, 0.25) is 0 Å². The topological polar surface area (TPSA) is 129 Å². The van der Waals surface area contributed by atoms with Gasteiger partial charge in [-0.3, -0.25) is 10.2 Å². The van der Waals surface area contributed by atoms with Crippen molar-refractivity contribution < 1.29 is 22.7 Å². The number of amidine groups is 3. The number of benzene rings is 2. The molecule has 2 aromatic rings. The number of amides is 1. The highest BCUT2D eigenvalue weighted by Crippen LogP contribution is 2.31. The Morgan fingerprint density at radius 1 is 1.21 bits per heavy atom. The van der Waals surface area contributed by atoms with Gasteiger partial charge in [-0.15, -0.1) is 0 Å². The average Bonchev–Trinajstić information content (AvgIpc) is 3.18. The van der Waals surface area contributed by atoms with E-state index in [2.05, 4.69) is 25.3 Å². The zero-order valence-corrected chi connectivity index (χ0v) is 20.4. The minimum atomic E-state index is -3.73. The molecule has 4 rings (SSSR count). The van der Waals surface area contributed by atoms with Gasteiger partial charge in [-0.25, -0.2) is 18.1 Å². The second-order valence-electron chi connectivity index (χ2n) is 7.12. The van der Waals surface area contributed by atoms with E-state index in [9.17, 15) is 18.0 Å². The molecule has 0 aliphatic carbocycles. The molecule has 0 aromatic heterocycles. The Balaban J connectivity index is 1.59. The number of nitrogens with zero attached hydrogens (tertiary/aromatic N) is 3. The number of carbonyl (C=O) groups excluding carboxylic acids is 2. The van der Waals surface area contributed by atoms with Crippen LogP contribution in [0.1, 0.15) is 21.5 Å². The summed E-state index contributed by atoms with van der Waals surface area (Å²) in [4.78, 5) is 29.7.